The summed E-state index contributed by atoms with van der Waals surface area (Å²) in [6.45, 7) is 3.26. The Morgan fingerprint density at radius 3 is 2.81 bits per heavy atom. The maximum absolute atomic E-state index is 3.63. The van der Waals surface area contributed by atoms with E-state index >= 15 is 0 Å². The summed E-state index contributed by atoms with van der Waals surface area (Å²) in [7, 11) is 0. The Morgan fingerprint density at radius 2 is 2.25 bits per heavy atom. The fourth-order valence-electron chi connectivity index (χ4n) is 2.64. The average Bonchev–Trinajstić information content (AvgIpc) is 2.88. The van der Waals surface area contributed by atoms with Crippen LogP contribution in [-0.2, 0) is 0 Å². The number of thiophene rings is 1. The smallest absolute Gasteiger partial charge is 0.0417 e. The zero-order valence-electron chi connectivity index (χ0n) is 9.84. The second kappa shape index (κ2) is 6.18. The molecule has 0 bridgehead atoms. The molecule has 0 spiro atoms. The highest BCUT2D eigenvalue weighted by atomic mass is 79.9. The van der Waals surface area contributed by atoms with E-state index in [9.17, 15) is 0 Å². The van der Waals surface area contributed by atoms with Crippen LogP contribution < -0.4 is 5.32 Å². The molecule has 3 heteroatoms. The van der Waals surface area contributed by atoms with Crippen molar-refractivity contribution >= 4 is 27.3 Å². The van der Waals surface area contributed by atoms with Crippen molar-refractivity contribution in [2.24, 2.45) is 5.92 Å². The quantitative estimate of drug-likeness (QED) is 0.828. The van der Waals surface area contributed by atoms with Gasteiger partial charge in [-0.05, 0) is 40.9 Å². The minimum absolute atomic E-state index is 0.574. The van der Waals surface area contributed by atoms with Crippen molar-refractivity contribution in [3.05, 3.63) is 20.8 Å². The van der Waals surface area contributed by atoms with Gasteiger partial charge in [-0.25, -0.2) is 0 Å². The lowest BCUT2D eigenvalue weighted by Crippen LogP contribution is -2.22. The van der Waals surface area contributed by atoms with Crippen LogP contribution in [0.5, 0.6) is 0 Å². The molecule has 1 unspecified atom stereocenters. The number of hydrogen-bond donors (Lipinski definition) is 1. The Morgan fingerprint density at radius 1 is 1.50 bits per heavy atom. The van der Waals surface area contributed by atoms with Gasteiger partial charge in [0.15, 0.2) is 0 Å². The standard InChI is InChI=1S/C13H20BrNS/c1-2-15-12(7-10-5-3-4-6-10)13-8-11(14)9-16-13/h8-10,12,15H,2-7H2,1H3. The summed E-state index contributed by atoms with van der Waals surface area (Å²) in [6, 6.07) is 2.84. The molecule has 1 aliphatic rings. The Hall–Kier alpha value is 0.140. The maximum atomic E-state index is 3.63. The molecule has 1 heterocycles. The van der Waals surface area contributed by atoms with Crippen LogP contribution in [0, 0.1) is 5.92 Å². The average molecular weight is 302 g/mol. The molecule has 1 aromatic rings. The highest BCUT2D eigenvalue weighted by Gasteiger charge is 2.21. The van der Waals surface area contributed by atoms with E-state index in [1.165, 1.54) is 41.5 Å². The van der Waals surface area contributed by atoms with Crippen LogP contribution in [-0.4, -0.2) is 6.54 Å². The molecule has 2 rings (SSSR count). The van der Waals surface area contributed by atoms with E-state index in [0.717, 1.165) is 12.5 Å². The van der Waals surface area contributed by atoms with Gasteiger partial charge in [0.1, 0.15) is 0 Å². The summed E-state index contributed by atoms with van der Waals surface area (Å²) in [5, 5.41) is 5.82. The van der Waals surface area contributed by atoms with Gasteiger partial charge in [-0.15, -0.1) is 11.3 Å². The Balaban J connectivity index is 1.98. The first kappa shape index (κ1) is 12.6. The molecule has 1 N–H and O–H groups in total. The SMILES string of the molecule is CCNC(CC1CCCC1)c1cc(Br)cs1. The summed E-state index contributed by atoms with van der Waals surface area (Å²) >= 11 is 5.42. The van der Waals surface area contributed by atoms with Gasteiger partial charge in [0, 0.05) is 20.8 Å². The largest absolute Gasteiger partial charge is 0.310 e. The van der Waals surface area contributed by atoms with Gasteiger partial charge in [0.05, 0.1) is 0 Å². The van der Waals surface area contributed by atoms with Crippen LogP contribution >= 0.6 is 27.3 Å². The highest BCUT2D eigenvalue weighted by Crippen LogP contribution is 2.35. The maximum Gasteiger partial charge on any atom is 0.0417 e. The molecule has 0 amide bonds. The second-order valence-electron chi connectivity index (χ2n) is 4.66. The first-order valence-electron chi connectivity index (χ1n) is 6.27. The molecule has 1 aromatic heterocycles. The third kappa shape index (κ3) is 3.31. The van der Waals surface area contributed by atoms with Crippen LogP contribution in [0.4, 0.5) is 0 Å². The van der Waals surface area contributed by atoms with E-state index < -0.39 is 0 Å². The Labute approximate surface area is 111 Å². The van der Waals surface area contributed by atoms with Gasteiger partial charge < -0.3 is 5.32 Å². The number of nitrogens with one attached hydrogen (secondary N) is 1. The fraction of sp³-hybridized carbons (Fsp3) is 0.692. The van der Waals surface area contributed by atoms with Crippen molar-refractivity contribution in [2.45, 2.75) is 45.1 Å². The molecule has 0 aliphatic heterocycles. The monoisotopic (exact) mass is 301 g/mol. The van der Waals surface area contributed by atoms with Crippen molar-refractivity contribution < 1.29 is 0 Å². The van der Waals surface area contributed by atoms with Gasteiger partial charge in [0.2, 0.25) is 0 Å². The highest BCUT2D eigenvalue weighted by molar-refractivity contribution is 9.10. The summed E-state index contributed by atoms with van der Waals surface area (Å²) in [5.41, 5.74) is 0. The summed E-state index contributed by atoms with van der Waals surface area (Å²) in [6.07, 6.45) is 7.08. The molecule has 1 aliphatic carbocycles. The molecular weight excluding hydrogens is 282 g/mol. The van der Waals surface area contributed by atoms with Gasteiger partial charge in [-0.2, -0.15) is 0 Å². The molecule has 1 fully saturated rings. The third-order valence-electron chi connectivity index (χ3n) is 3.43. The summed E-state index contributed by atoms with van der Waals surface area (Å²) in [5.74, 6) is 0.949. The molecule has 0 saturated heterocycles. The van der Waals surface area contributed by atoms with Gasteiger partial charge in [-0.3, -0.25) is 0 Å². The van der Waals surface area contributed by atoms with E-state index in [1.54, 1.807) is 0 Å². The lowest BCUT2D eigenvalue weighted by atomic mass is 9.97. The molecular formula is C13H20BrNS. The number of hydrogen-bond acceptors (Lipinski definition) is 2. The van der Waals surface area contributed by atoms with Gasteiger partial charge >= 0.3 is 0 Å². The molecule has 90 valence electrons. The number of rotatable bonds is 5. The first-order chi connectivity index (χ1) is 7.79. The second-order valence-corrected chi connectivity index (χ2v) is 6.52. The topological polar surface area (TPSA) is 12.0 Å². The molecule has 16 heavy (non-hydrogen) atoms. The first-order valence-corrected chi connectivity index (χ1v) is 7.94. The van der Waals surface area contributed by atoms with Crippen LogP contribution in [0.1, 0.15) is 49.9 Å². The predicted octanol–water partition coefficient (Wildman–Crippen LogP) is 4.74. The van der Waals surface area contributed by atoms with Crippen LogP contribution in [0.3, 0.4) is 0 Å². The van der Waals surface area contributed by atoms with E-state index in [-0.39, 0.29) is 0 Å². The van der Waals surface area contributed by atoms with Crippen molar-refractivity contribution in [2.75, 3.05) is 6.54 Å². The van der Waals surface area contributed by atoms with Crippen LogP contribution in [0.15, 0.2) is 15.9 Å². The molecule has 1 atom stereocenters. The van der Waals surface area contributed by atoms with E-state index in [2.05, 4.69) is 39.6 Å². The van der Waals surface area contributed by atoms with E-state index in [4.69, 9.17) is 0 Å². The van der Waals surface area contributed by atoms with Crippen molar-refractivity contribution in [3.63, 3.8) is 0 Å². The van der Waals surface area contributed by atoms with Crippen LogP contribution in [0.25, 0.3) is 0 Å². The van der Waals surface area contributed by atoms with Gasteiger partial charge in [-0.1, -0.05) is 32.6 Å². The van der Waals surface area contributed by atoms with Crippen molar-refractivity contribution in [3.8, 4) is 0 Å². The molecule has 1 nitrogen and oxygen atoms in total. The van der Waals surface area contributed by atoms with E-state index in [1.807, 2.05) is 11.3 Å². The summed E-state index contributed by atoms with van der Waals surface area (Å²) in [4.78, 5) is 1.49. The number of halogens is 1. The lowest BCUT2D eigenvalue weighted by molar-refractivity contribution is 0.404. The normalized spacial score (nSPS) is 19.1. The van der Waals surface area contributed by atoms with Crippen molar-refractivity contribution in [1.82, 2.24) is 5.32 Å². The zero-order chi connectivity index (χ0) is 11.4. The lowest BCUT2D eigenvalue weighted by Gasteiger charge is -2.20. The predicted molar refractivity (Wildman–Crippen MR) is 75.0 cm³/mol. The molecule has 0 aromatic carbocycles. The summed E-state index contributed by atoms with van der Waals surface area (Å²) < 4.78 is 1.22. The third-order valence-corrected chi connectivity index (χ3v) is 5.23. The minimum atomic E-state index is 0.574. The van der Waals surface area contributed by atoms with Crippen LogP contribution in [0.2, 0.25) is 0 Å². The van der Waals surface area contributed by atoms with Gasteiger partial charge in [0.25, 0.3) is 0 Å². The Bertz CT molecular complexity index is 317. The fourth-order valence-corrected chi connectivity index (χ4v) is 4.17. The van der Waals surface area contributed by atoms with E-state index in [0.29, 0.717) is 6.04 Å². The minimum Gasteiger partial charge on any atom is -0.310 e. The Kier molecular flexibility index (Phi) is 4.86. The molecule has 0 radical (unpaired) electrons. The zero-order valence-corrected chi connectivity index (χ0v) is 12.2. The molecule has 1 saturated carbocycles. The van der Waals surface area contributed by atoms with Crippen molar-refractivity contribution in [1.29, 1.82) is 0 Å².